The molecule has 0 radical (unpaired) electrons. The van der Waals surface area contributed by atoms with E-state index < -0.39 is 22.1 Å². The van der Waals surface area contributed by atoms with Gasteiger partial charge in [-0.05, 0) is 24.5 Å². The van der Waals surface area contributed by atoms with Gasteiger partial charge in [0.05, 0.1) is 11.8 Å². The molecule has 2 aliphatic rings. The number of benzene rings is 1. The lowest BCUT2D eigenvalue weighted by molar-refractivity contribution is -0.131. The van der Waals surface area contributed by atoms with Crippen LogP contribution in [0, 0.1) is 0 Å². The highest BCUT2D eigenvalue weighted by Crippen LogP contribution is 2.21. The van der Waals surface area contributed by atoms with Crippen LogP contribution in [0.25, 0.3) is 0 Å². The summed E-state index contributed by atoms with van der Waals surface area (Å²) in [5.41, 5.74) is 1.28. The van der Waals surface area contributed by atoms with E-state index in [4.69, 9.17) is 4.74 Å². The van der Waals surface area contributed by atoms with Crippen molar-refractivity contribution in [3.05, 3.63) is 35.4 Å². The Balaban J connectivity index is 1.65. The van der Waals surface area contributed by atoms with E-state index in [9.17, 15) is 18.0 Å². The number of carbonyl (C=O) groups is 2. The number of piperidine rings is 1. The van der Waals surface area contributed by atoms with Crippen molar-refractivity contribution in [2.75, 3.05) is 19.3 Å². The van der Waals surface area contributed by atoms with Crippen molar-refractivity contribution in [1.29, 1.82) is 0 Å². The molecule has 2 heterocycles. The van der Waals surface area contributed by atoms with E-state index in [0.717, 1.165) is 11.8 Å². The van der Waals surface area contributed by atoms with Gasteiger partial charge < -0.3 is 10.1 Å². The molecule has 24 heavy (non-hydrogen) atoms. The molecule has 1 fully saturated rings. The summed E-state index contributed by atoms with van der Waals surface area (Å²) < 4.78 is 29.9. The zero-order valence-corrected chi connectivity index (χ0v) is 14.2. The van der Waals surface area contributed by atoms with Gasteiger partial charge in [-0.25, -0.2) is 17.5 Å². The second-order valence-corrected chi connectivity index (χ2v) is 8.21. The lowest BCUT2D eigenvalue weighted by Crippen LogP contribution is -2.52. The molecule has 1 aromatic carbocycles. The topological polar surface area (TPSA) is 92.8 Å². The average Bonchev–Trinajstić information content (AvgIpc) is 2.54. The summed E-state index contributed by atoms with van der Waals surface area (Å²) in [5, 5.41) is 2.82. The van der Waals surface area contributed by atoms with E-state index in [1.54, 1.807) is 12.1 Å². The third-order valence-electron chi connectivity index (χ3n) is 4.38. The second kappa shape index (κ2) is 6.52. The lowest BCUT2D eigenvalue weighted by Gasteiger charge is -2.32. The van der Waals surface area contributed by atoms with Gasteiger partial charge in [-0.1, -0.05) is 18.2 Å². The summed E-state index contributed by atoms with van der Waals surface area (Å²) in [4.78, 5) is 24.4. The smallest absolute Gasteiger partial charge is 0.339 e. The molecule has 7 nitrogen and oxygen atoms in total. The fraction of sp³-hybridized carbons (Fsp3) is 0.500. The molecule has 130 valence electrons. The predicted octanol–water partition coefficient (Wildman–Crippen LogP) is 0.308. The molecule has 0 spiro atoms. The third-order valence-corrected chi connectivity index (χ3v) is 5.65. The molecule has 1 aromatic rings. The summed E-state index contributed by atoms with van der Waals surface area (Å²) in [6.45, 7) is 0.721. The van der Waals surface area contributed by atoms with Crippen molar-refractivity contribution in [2.24, 2.45) is 0 Å². The Morgan fingerprint density at radius 2 is 2.08 bits per heavy atom. The Labute approximate surface area is 141 Å². The monoisotopic (exact) mass is 352 g/mol. The summed E-state index contributed by atoms with van der Waals surface area (Å²) in [6, 6.07) is 6.79. The van der Waals surface area contributed by atoms with Crippen LogP contribution in [0.1, 0.15) is 28.8 Å². The van der Waals surface area contributed by atoms with Crippen molar-refractivity contribution in [3.8, 4) is 0 Å². The number of esters is 1. The van der Waals surface area contributed by atoms with Gasteiger partial charge in [-0.15, -0.1) is 0 Å². The Kier molecular flexibility index (Phi) is 4.60. The van der Waals surface area contributed by atoms with E-state index in [0.29, 0.717) is 31.4 Å². The molecule has 1 saturated heterocycles. The minimum absolute atomic E-state index is 0.252. The molecule has 1 amide bonds. The van der Waals surface area contributed by atoms with E-state index in [1.165, 1.54) is 4.31 Å². The number of cyclic esters (lactones) is 1. The second-order valence-electron chi connectivity index (χ2n) is 6.22. The maximum Gasteiger partial charge on any atom is 0.339 e. The number of hydrogen-bond donors (Lipinski definition) is 1. The van der Waals surface area contributed by atoms with Crippen molar-refractivity contribution < 1.29 is 22.7 Å². The molecule has 3 rings (SSSR count). The lowest BCUT2D eigenvalue weighted by atomic mass is 9.98. The van der Waals surface area contributed by atoms with E-state index in [2.05, 4.69) is 5.32 Å². The van der Waals surface area contributed by atoms with Gasteiger partial charge in [0.1, 0.15) is 0 Å². The van der Waals surface area contributed by atoms with Gasteiger partial charge in [0.2, 0.25) is 10.0 Å². The first-order chi connectivity index (χ1) is 11.3. The minimum atomic E-state index is -3.27. The molecule has 0 aromatic heterocycles. The molecular formula is C16H20N2O5S. The number of rotatable bonds is 3. The van der Waals surface area contributed by atoms with Crippen LogP contribution in [-0.4, -0.2) is 56.1 Å². The highest BCUT2D eigenvalue weighted by Gasteiger charge is 2.33. The third kappa shape index (κ3) is 3.59. The van der Waals surface area contributed by atoms with Crippen LogP contribution in [0.15, 0.2) is 24.3 Å². The van der Waals surface area contributed by atoms with Crippen molar-refractivity contribution in [1.82, 2.24) is 9.62 Å². The maximum atomic E-state index is 12.4. The first kappa shape index (κ1) is 16.9. The molecule has 0 unspecified atom stereocenters. The van der Waals surface area contributed by atoms with Gasteiger partial charge in [0.15, 0.2) is 6.10 Å². The van der Waals surface area contributed by atoms with Crippen LogP contribution in [0.4, 0.5) is 0 Å². The minimum Gasteiger partial charge on any atom is -0.448 e. The SMILES string of the molecule is CS(=O)(=O)N1CCC[C@@H](NC(=O)[C@@H]2Cc3ccccc3C(=O)O2)C1. The zero-order valence-electron chi connectivity index (χ0n) is 13.4. The highest BCUT2D eigenvalue weighted by atomic mass is 32.2. The number of ether oxygens (including phenoxy) is 1. The average molecular weight is 352 g/mol. The predicted molar refractivity (Wildman–Crippen MR) is 86.9 cm³/mol. The Morgan fingerprint density at radius 3 is 2.83 bits per heavy atom. The van der Waals surface area contributed by atoms with Gasteiger partial charge >= 0.3 is 5.97 Å². The summed E-state index contributed by atoms with van der Waals surface area (Å²) in [6.07, 6.45) is 2.01. The van der Waals surface area contributed by atoms with Crippen LogP contribution in [0.3, 0.4) is 0 Å². The fourth-order valence-corrected chi connectivity index (χ4v) is 4.04. The van der Waals surface area contributed by atoms with Gasteiger partial charge in [-0.3, -0.25) is 4.79 Å². The molecular weight excluding hydrogens is 332 g/mol. The van der Waals surface area contributed by atoms with Crippen molar-refractivity contribution >= 4 is 21.9 Å². The number of hydrogen-bond acceptors (Lipinski definition) is 5. The van der Waals surface area contributed by atoms with Crippen molar-refractivity contribution in [3.63, 3.8) is 0 Å². The molecule has 0 saturated carbocycles. The van der Waals surface area contributed by atoms with E-state index >= 15 is 0 Å². The largest absolute Gasteiger partial charge is 0.448 e. The molecule has 2 aliphatic heterocycles. The van der Waals surface area contributed by atoms with Gasteiger partial charge in [0.25, 0.3) is 5.91 Å². The van der Waals surface area contributed by atoms with Crippen LogP contribution in [0.2, 0.25) is 0 Å². The van der Waals surface area contributed by atoms with E-state index in [-0.39, 0.29) is 18.5 Å². The Bertz CT molecular complexity index is 761. The van der Waals surface area contributed by atoms with Crippen molar-refractivity contribution in [2.45, 2.75) is 31.4 Å². The quantitative estimate of drug-likeness (QED) is 0.790. The Hall–Kier alpha value is -1.93. The number of amides is 1. The highest BCUT2D eigenvalue weighted by molar-refractivity contribution is 7.88. The molecule has 0 bridgehead atoms. The molecule has 8 heteroatoms. The maximum absolute atomic E-state index is 12.4. The van der Waals surface area contributed by atoms with Crippen LogP contribution in [-0.2, 0) is 26.0 Å². The molecule has 2 atom stereocenters. The number of carbonyl (C=O) groups excluding carboxylic acids is 2. The van der Waals surface area contributed by atoms with Gasteiger partial charge in [0, 0.05) is 25.6 Å². The normalized spacial score (nSPS) is 24.8. The summed E-state index contributed by atoms with van der Waals surface area (Å²) in [5.74, 6) is -0.878. The molecule has 1 N–H and O–H groups in total. The first-order valence-electron chi connectivity index (χ1n) is 7.89. The molecule has 0 aliphatic carbocycles. The zero-order chi connectivity index (χ0) is 17.3. The first-order valence-corrected chi connectivity index (χ1v) is 9.74. The van der Waals surface area contributed by atoms with Crippen LogP contribution >= 0.6 is 0 Å². The summed E-state index contributed by atoms with van der Waals surface area (Å²) in [7, 11) is -3.27. The standard InChI is InChI=1S/C16H20N2O5S/c1-24(21,22)18-8-4-6-12(10-18)17-15(19)14-9-11-5-2-3-7-13(11)16(20)23-14/h2-3,5,7,12,14H,4,6,8-10H2,1H3,(H,17,19)/t12-,14+/m1/s1. The number of fused-ring (bicyclic) bond motifs is 1. The summed E-state index contributed by atoms with van der Waals surface area (Å²) >= 11 is 0. The fourth-order valence-electron chi connectivity index (χ4n) is 3.13. The van der Waals surface area contributed by atoms with Crippen LogP contribution < -0.4 is 5.32 Å². The number of sulfonamides is 1. The number of nitrogens with one attached hydrogen (secondary N) is 1. The van der Waals surface area contributed by atoms with Crippen LogP contribution in [0.5, 0.6) is 0 Å². The Morgan fingerprint density at radius 1 is 1.33 bits per heavy atom. The number of nitrogens with zero attached hydrogens (tertiary/aromatic N) is 1. The van der Waals surface area contributed by atoms with Gasteiger partial charge in [-0.2, -0.15) is 0 Å². The van der Waals surface area contributed by atoms with E-state index in [1.807, 2.05) is 12.1 Å².